The van der Waals surface area contributed by atoms with Gasteiger partial charge < -0.3 is 19.3 Å². The highest BCUT2D eigenvalue weighted by atomic mass is 35.5. The highest BCUT2D eigenvalue weighted by Crippen LogP contribution is 2.32. The molecule has 0 radical (unpaired) electrons. The molecule has 1 aromatic heterocycles. The Labute approximate surface area is 178 Å². The topological polar surface area (TPSA) is 54.9 Å². The third-order valence-corrected chi connectivity index (χ3v) is 6.07. The van der Waals surface area contributed by atoms with Crippen LogP contribution >= 0.6 is 22.9 Å². The maximum atomic E-state index is 12.5. The molecule has 1 aliphatic rings. The van der Waals surface area contributed by atoms with Gasteiger partial charge in [-0.25, -0.2) is 4.98 Å². The van der Waals surface area contributed by atoms with Crippen molar-refractivity contribution in [2.45, 2.75) is 6.92 Å². The number of piperazine rings is 1. The minimum absolute atomic E-state index is 0.00902. The Kier molecular flexibility index (Phi) is 6.06. The predicted molar refractivity (Wildman–Crippen MR) is 117 cm³/mol. The summed E-state index contributed by atoms with van der Waals surface area (Å²) < 4.78 is 12.3. The van der Waals surface area contributed by atoms with Crippen molar-refractivity contribution < 1.29 is 14.3 Å². The average Bonchev–Trinajstić information content (AvgIpc) is 3.17. The molecule has 0 atom stereocenters. The van der Waals surface area contributed by atoms with Crippen LogP contribution in [-0.4, -0.2) is 55.2 Å². The van der Waals surface area contributed by atoms with E-state index in [1.54, 1.807) is 35.6 Å². The molecule has 1 fully saturated rings. The fourth-order valence-corrected chi connectivity index (χ4v) is 4.37. The number of aromatic nitrogens is 1. The minimum atomic E-state index is -0.00902. The lowest BCUT2D eigenvalue weighted by molar-refractivity contribution is -0.133. The normalized spacial score (nSPS) is 14.3. The van der Waals surface area contributed by atoms with Gasteiger partial charge in [-0.2, -0.15) is 0 Å². The number of hydrogen-bond acceptors (Lipinski definition) is 6. The zero-order valence-electron chi connectivity index (χ0n) is 16.1. The van der Waals surface area contributed by atoms with Crippen LogP contribution in [0.2, 0.25) is 5.02 Å². The molecule has 4 rings (SSSR count). The van der Waals surface area contributed by atoms with E-state index in [2.05, 4.69) is 4.90 Å². The van der Waals surface area contributed by atoms with Gasteiger partial charge in [-0.1, -0.05) is 22.9 Å². The van der Waals surface area contributed by atoms with Gasteiger partial charge in [-0.15, -0.1) is 0 Å². The number of fused-ring (bicyclic) bond motifs is 1. The average molecular weight is 432 g/mol. The number of nitrogens with zero attached hydrogens (tertiary/aromatic N) is 3. The Bertz CT molecular complexity index is 985. The van der Waals surface area contributed by atoms with E-state index in [1.165, 1.54) is 0 Å². The van der Waals surface area contributed by atoms with Crippen LogP contribution in [0.15, 0.2) is 42.5 Å². The molecule has 29 heavy (non-hydrogen) atoms. The molecule has 3 aromatic rings. The smallest absolute Gasteiger partial charge is 0.260 e. The monoisotopic (exact) mass is 431 g/mol. The fraction of sp³-hybridized carbons (Fsp3) is 0.333. The number of anilines is 1. The summed E-state index contributed by atoms with van der Waals surface area (Å²) >= 11 is 7.52. The zero-order valence-corrected chi connectivity index (χ0v) is 17.7. The molecule has 2 aromatic carbocycles. The van der Waals surface area contributed by atoms with Crippen molar-refractivity contribution in [2.24, 2.45) is 0 Å². The van der Waals surface area contributed by atoms with E-state index in [-0.39, 0.29) is 12.5 Å². The molecule has 8 heteroatoms. The molecule has 1 aliphatic heterocycles. The molecular formula is C21H22ClN3O3S. The van der Waals surface area contributed by atoms with Crippen molar-refractivity contribution >= 4 is 44.2 Å². The first-order chi connectivity index (χ1) is 14.1. The van der Waals surface area contributed by atoms with Gasteiger partial charge in [0.25, 0.3) is 5.91 Å². The molecule has 2 heterocycles. The SMILES string of the molecule is CCOc1ccc2nc(N3CCN(C(=O)COc4ccc(Cl)cc4)CC3)sc2c1. The summed E-state index contributed by atoms with van der Waals surface area (Å²) in [6.07, 6.45) is 0. The van der Waals surface area contributed by atoms with Crippen LogP contribution in [0.1, 0.15) is 6.92 Å². The summed E-state index contributed by atoms with van der Waals surface area (Å²) in [6.45, 7) is 5.48. The van der Waals surface area contributed by atoms with E-state index in [1.807, 2.05) is 30.0 Å². The predicted octanol–water partition coefficient (Wildman–Crippen LogP) is 4.08. The number of ether oxygens (including phenoxy) is 2. The molecule has 6 nitrogen and oxygen atoms in total. The molecule has 0 bridgehead atoms. The number of amides is 1. The molecule has 0 aliphatic carbocycles. The first-order valence-corrected chi connectivity index (χ1v) is 10.8. The summed E-state index contributed by atoms with van der Waals surface area (Å²) in [7, 11) is 0. The second kappa shape index (κ2) is 8.88. The summed E-state index contributed by atoms with van der Waals surface area (Å²) in [5.41, 5.74) is 0.975. The van der Waals surface area contributed by atoms with Crippen LogP contribution < -0.4 is 14.4 Å². The summed E-state index contributed by atoms with van der Waals surface area (Å²) in [4.78, 5) is 21.3. The van der Waals surface area contributed by atoms with Crippen molar-refractivity contribution in [3.8, 4) is 11.5 Å². The van der Waals surface area contributed by atoms with Crippen LogP contribution in [0.3, 0.4) is 0 Å². The Morgan fingerprint density at radius 1 is 1.07 bits per heavy atom. The third kappa shape index (κ3) is 4.74. The Balaban J connectivity index is 1.32. The number of hydrogen-bond donors (Lipinski definition) is 0. The number of carbonyl (C=O) groups is 1. The van der Waals surface area contributed by atoms with Gasteiger partial charge in [-0.05, 0) is 49.4 Å². The Morgan fingerprint density at radius 2 is 1.79 bits per heavy atom. The maximum Gasteiger partial charge on any atom is 0.260 e. The lowest BCUT2D eigenvalue weighted by atomic mass is 10.3. The summed E-state index contributed by atoms with van der Waals surface area (Å²) in [6, 6.07) is 13.0. The van der Waals surface area contributed by atoms with Crippen molar-refractivity contribution in [2.75, 3.05) is 44.3 Å². The minimum Gasteiger partial charge on any atom is -0.494 e. The molecule has 0 unspecified atom stereocenters. The number of benzene rings is 2. The molecule has 0 spiro atoms. The van der Waals surface area contributed by atoms with Crippen molar-refractivity contribution in [1.82, 2.24) is 9.88 Å². The van der Waals surface area contributed by atoms with E-state index in [4.69, 9.17) is 26.1 Å². The second-order valence-electron chi connectivity index (χ2n) is 6.67. The molecule has 0 N–H and O–H groups in total. The second-order valence-corrected chi connectivity index (χ2v) is 8.11. The number of carbonyl (C=O) groups excluding carboxylic acids is 1. The third-order valence-electron chi connectivity index (χ3n) is 4.74. The Hall–Kier alpha value is -2.51. The number of halogens is 1. The van der Waals surface area contributed by atoms with Gasteiger partial charge in [0, 0.05) is 31.2 Å². The number of thiazole rings is 1. The van der Waals surface area contributed by atoms with Crippen LogP contribution in [-0.2, 0) is 4.79 Å². The highest BCUT2D eigenvalue weighted by molar-refractivity contribution is 7.22. The molecule has 152 valence electrons. The van der Waals surface area contributed by atoms with Gasteiger partial charge in [0.15, 0.2) is 11.7 Å². The molecule has 0 saturated carbocycles. The lowest BCUT2D eigenvalue weighted by Gasteiger charge is -2.34. The van der Waals surface area contributed by atoms with E-state index >= 15 is 0 Å². The van der Waals surface area contributed by atoms with Gasteiger partial charge in [0.05, 0.1) is 16.8 Å². The van der Waals surface area contributed by atoms with Gasteiger partial charge >= 0.3 is 0 Å². The zero-order chi connectivity index (χ0) is 20.2. The van der Waals surface area contributed by atoms with E-state index in [0.29, 0.717) is 30.5 Å². The van der Waals surface area contributed by atoms with E-state index in [0.717, 1.165) is 34.2 Å². The van der Waals surface area contributed by atoms with E-state index in [9.17, 15) is 4.79 Å². The van der Waals surface area contributed by atoms with Crippen molar-refractivity contribution in [1.29, 1.82) is 0 Å². The van der Waals surface area contributed by atoms with Crippen molar-refractivity contribution in [3.63, 3.8) is 0 Å². The van der Waals surface area contributed by atoms with Crippen molar-refractivity contribution in [3.05, 3.63) is 47.5 Å². The highest BCUT2D eigenvalue weighted by Gasteiger charge is 2.23. The largest absolute Gasteiger partial charge is 0.494 e. The molecule has 1 amide bonds. The van der Waals surface area contributed by atoms with Crippen LogP contribution in [0.4, 0.5) is 5.13 Å². The van der Waals surface area contributed by atoms with Crippen LogP contribution in [0.5, 0.6) is 11.5 Å². The quantitative estimate of drug-likeness (QED) is 0.588. The van der Waals surface area contributed by atoms with Gasteiger partial charge in [0.2, 0.25) is 0 Å². The molecular weight excluding hydrogens is 410 g/mol. The standard InChI is InChI=1S/C21H22ClN3O3S/c1-2-27-17-7-8-18-19(13-17)29-21(23-18)25-11-9-24(10-12-25)20(26)14-28-16-5-3-15(22)4-6-16/h3-8,13H,2,9-12,14H2,1H3. The first-order valence-electron chi connectivity index (χ1n) is 9.57. The molecule has 1 saturated heterocycles. The maximum absolute atomic E-state index is 12.5. The van der Waals surface area contributed by atoms with E-state index < -0.39 is 0 Å². The van der Waals surface area contributed by atoms with Crippen LogP contribution in [0, 0.1) is 0 Å². The van der Waals surface area contributed by atoms with Gasteiger partial charge in [0.1, 0.15) is 11.5 Å². The number of rotatable bonds is 6. The lowest BCUT2D eigenvalue weighted by Crippen LogP contribution is -2.50. The van der Waals surface area contributed by atoms with Gasteiger partial charge in [-0.3, -0.25) is 4.79 Å². The fourth-order valence-electron chi connectivity index (χ4n) is 3.20. The van der Waals surface area contributed by atoms with Crippen LogP contribution in [0.25, 0.3) is 10.2 Å². The Morgan fingerprint density at radius 3 is 2.52 bits per heavy atom. The first kappa shape index (κ1) is 19.8. The summed E-state index contributed by atoms with van der Waals surface area (Å²) in [5.74, 6) is 1.50. The summed E-state index contributed by atoms with van der Waals surface area (Å²) in [5, 5.41) is 1.63.